The Bertz CT molecular complexity index is 722. The monoisotopic (exact) mass is 372 g/mol. The highest BCUT2D eigenvalue weighted by Gasteiger charge is 2.61. The predicted molar refractivity (Wildman–Crippen MR) is 102 cm³/mol. The van der Waals surface area contributed by atoms with Gasteiger partial charge in [-0.3, -0.25) is 14.4 Å². The van der Waals surface area contributed by atoms with E-state index in [2.05, 4.69) is 13.8 Å². The quantitative estimate of drug-likeness (QED) is 0.679. The van der Waals surface area contributed by atoms with Gasteiger partial charge in [0.2, 0.25) is 0 Å². The van der Waals surface area contributed by atoms with Gasteiger partial charge < -0.3 is 4.74 Å². The van der Waals surface area contributed by atoms with Gasteiger partial charge in [0, 0.05) is 25.2 Å². The number of hydrogen-bond donors (Lipinski definition) is 0. The average Bonchev–Trinajstić information content (AvgIpc) is 2.93. The van der Waals surface area contributed by atoms with E-state index in [4.69, 9.17) is 4.74 Å². The molecule has 0 N–H and O–H groups in total. The van der Waals surface area contributed by atoms with Crippen molar-refractivity contribution in [3.8, 4) is 0 Å². The first-order valence-corrected chi connectivity index (χ1v) is 10.6. The maximum Gasteiger partial charge on any atom is 0.302 e. The SMILES string of the molecule is CC(=O)O[C@H]1CC[C@@]2(C)C(=CC(=O)[C@H]3[C@@H]4CC[C@H](C(C)=O)[C@@]4(C)CC[C@@H]32)C1. The summed E-state index contributed by atoms with van der Waals surface area (Å²) in [5.74, 6) is 1.20. The second-order valence-corrected chi connectivity index (χ2v) is 9.99. The van der Waals surface area contributed by atoms with Crippen molar-refractivity contribution in [3.05, 3.63) is 11.6 Å². The number of allylic oxidation sites excluding steroid dienone is 1. The molecule has 7 atom stereocenters. The molecule has 0 aromatic heterocycles. The minimum absolute atomic E-state index is 0.0146. The van der Waals surface area contributed by atoms with Crippen LogP contribution in [0.5, 0.6) is 0 Å². The maximum absolute atomic E-state index is 13.2. The summed E-state index contributed by atoms with van der Waals surface area (Å²) < 4.78 is 5.45. The fraction of sp³-hybridized carbons (Fsp3) is 0.783. The van der Waals surface area contributed by atoms with Crippen LogP contribution in [-0.2, 0) is 19.1 Å². The van der Waals surface area contributed by atoms with E-state index in [1.807, 2.05) is 6.08 Å². The van der Waals surface area contributed by atoms with Gasteiger partial charge in [0.1, 0.15) is 11.9 Å². The number of rotatable bonds is 2. The Morgan fingerprint density at radius 1 is 1.04 bits per heavy atom. The number of carbonyl (C=O) groups excluding carboxylic acids is 3. The lowest BCUT2D eigenvalue weighted by atomic mass is 9.47. The highest BCUT2D eigenvalue weighted by Crippen LogP contribution is 2.65. The summed E-state index contributed by atoms with van der Waals surface area (Å²) in [5.41, 5.74) is 1.21. The van der Waals surface area contributed by atoms with Gasteiger partial charge in [0.05, 0.1) is 0 Å². The molecule has 27 heavy (non-hydrogen) atoms. The van der Waals surface area contributed by atoms with Crippen LogP contribution in [0.1, 0.15) is 72.6 Å². The summed E-state index contributed by atoms with van der Waals surface area (Å²) in [4.78, 5) is 36.8. The molecule has 0 heterocycles. The highest BCUT2D eigenvalue weighted by atomic mass is 16.5. The largest absolute Gasteiger partial charge is 0.462 e. The molecule has 4 aliphatic rings. The van der Waals surface area contributed by atoms with Crippen LogP contribution in [-0.4, -0.2) is 23.6 Å². The first-order valence-electron chi connectivity index (χ1n) is 10.6. The van der Waals surface area contributed by atoms with E-state index in [-0.39, 0.29) is 40.5 Å². The number of fused-ring (bicyclic) bond motifs is 5. The number of carbonyl (C=O) groups is 3. The molecule has 148 valence electrons. The van der Waals surface area contributed by atoms with Crippen molar-refractivity contribution in [1.82, 2.24) is 0 Å². The molecule has 0 bridgehead atoms. The first-order chi connectivity index (χ1) is 12.7. The number of esters is 1. The first kappa shape index (κ1) is 18.9. The van der Waals surface area contributed by atoms with Crippen LogP contribution < -0.4 is 0 Å². The predicted octanol–water partition coefficient (Wildman–Crippen LogP) is 4.27. The molecule has 0 radical (unpaired) electrons. The van der Waals surface area contributed by atoms with Crippen LogP contribution >= 0.6 is 0 Å². The molecule has 0 unspecified atom stereocenters. The molecule has 0 amide bonds. The van der Waals surface area contributed by atoms with Crippen molar-refractivity contribution < 1.29 is 19.1 Å². The zero-order chi connectivity index (χ0) is 19.6. The van der Waals surface area contributed by atoms with E-state index in [1.165, 1.54) is 12.5 Å². The number of Topliss-reactive ketones (excluding diaryl/α,β-unsaturated/α-hetero) is 1. The van der Waals surface area contributed by atoms with Crippen LogP contribution in [0.4, 0.5) is 0 Å². The summed E-state index contributed by atoms with van der Waals surface area (Å²) in [6.07, 6.45) is 8.37. The van der Waals surface area contributed by atoms with Gasteiger partial charge in [0.15, 0.2) is 5.78 Å². The Balaban J connectivity index is 1.65. The fourth-order valence-corrected chi connectivity index (χ4v) is 7.37. The van der Waals surface area contributed by atoms with Gasteiger partial charge in [-0.1, -0.05) is 19.4 Å². The molecule has 4 heteroatoms. The number of ketones is 2. The van der Waals surface area contributed by atoms with Crippen LogP contribution in [0.25, 0.3) is 0 Å². The van der Waals surface area contributed by atoms with Gasteiger partial charge in [-0.05, 0) is 74.2 Å². The van der Waals surface area contributed by atoms with Crippen molar-refractivity contribution in [2.45, 2.75) is 78.7 Å². The van der Waals surface area contributed by atoms with Crippen molar-refractivity contribution in [1.29, 1.82) is 0 Å². The van der Waals surface area contributed by atoms with Crippen molar-refractivity contribution in [2.24, 2.45) is 34.5 Å². The Kier molecular flexibility index (Phi) is 4.40. The van der Waals surface area contributed by atoms with E-state index in [1.54, 1.807) is 6.92 Å². The van der Waals surface area contributed by atoms with Crippen molar-refractivity contribution >= 4 is 17.5 Å². The number of hydrogen-bond acceptors (Lipinski definition) is 4. The summed E-state index contributed by atoms with van der Waals surface area (Å²) in [7, 11) is 0. The van der Waals surface area contributed by atoms with Gasteiger partial charge in [-0.15, -0.1) is 0 Å². The van der Waals surface area contributed by atoms with E-state index in [0.717, 1.165) is 38.5 Å². The smallest absolute Gasteiger partial charge is 0.302 e. The fourth-order valence-electron chi connectivity index (χ4n) is 7.37. The molecule has 0 saturated heterocycles. The normalized spacial score (nSPS) is 46.0. The Morgan fingerprint density at radius 3 is 2.44 bits per heavy atom. The van der Waals surface area contributed by atoms with E-state index >= 15 is 0 Å². The highest BCUT2D eigenvalue weighted by molar-refractivity contribution is 5.95. The van der Waals surface area contributed by atoms with Gasteiger partial charge in [-0.2, -0.15) is 0 Å². The molecule has 3 saturated carbocycles. The topological polar surface area (TPSA) is 60.4 Å². The molecular weight excluding hydrogens is 340 g/mol. The molecule has 4 nitrogen and oxygen atoms in total. The second kappa shape index (κ2) is 6.28. The zero-order valence-corrected chi connectivity index (χ0v) is 17.0. The third-order valence-corrected chi connectivity index (χ3v) is 8.72. The number of ether oxygens (including phenoxy) is 1. The van der Waals surface area contributed by atoms with Crippen LogP contribution in [0.2, 0.25) is 0 Å². The van der Waals surface area contributed by atoms with Gasteiger partial charge in [0.25, 0.3) is 0 Å². The van der Waals surface area contributed by atoms with Crippen LogP contribution in [0, 0.1) is 34.5 Å². The van der Waals surface area contributed by atoms with Crippen LogP contribution in [0.3, 0.4) is 0 Å². The molecule has 3 fully saturated rings. The molecule has 0 aromatic carbocycles. The standard InChI is InChI=1S/C23H32O4/c1-13(24)17-5-6-18-21-19(8-10-23(17,18)4)22(3)9-7-16(27-14(2)25)11-15(22)12-20(21)26/h12,16-19,21H,5-11H2,1-4H3/t16-,17+,18-,19-,21-,22-,23+/m0/s1. The Morgan fingerprint density at radius 2 is 1.78 bits per heavy atom. The average molecular weight is 373 g/mol. The molecule has 4 aliphatic carbocycles. The van der Waals surface area contributed by atoms with Gasteiger partial charge >= 0.3 is 5.97 Å². The molecule has 4 rings (SSSR count). The molecular formula is C23H32O4. The van der Waals surface area contributed by atoms with E-state index < -0.39 is 0 Å². The van der Waals surface area contributed by atoms with Crippen molar-refractivity contribution in [2.75, 3.05) is 0 Å². The summed E-state index contributed by atoms with van der Waals surface area (Å²) in [5, 5.41) is 0. The maximum atomic E-state index is 13.2. The molecule has 0 aliphatic heterocycles. The molecule has 0 aromatic rings. The summed E-state index contributed by atoms with van der Waals surface area (Å²) >= 11 is 0. The second-order valence-electron chi connectivity index (χ2n) is 9.99. The minimum atomic E-state index is -0.237. The summed E-state index contributed by atoms with van der Waals surface area (Å²) in [6.45, 7) is 7.77. The third kappa shape index (κ3) is 2.74. The Hall–Kier alpha value is -1.45. The third-order valence-electron chi connectivity index (χ3n) is 8.72. The van der Waals surface area contributed by atoms with E-state index in [9.17, 15) is 14.4 Å². The van der Waals surface area contributed by atoms with Gasteiger partial charge in [-0.25, -0.2) is 0 Å². The molecule has 0 spiro atoms. The summed E-state index contributed by atoms with van der Waals surface area (Å²) in [6, 6.07) is 0. The van der Waals surface area contributed by atoms with E-state index in [0.29, 0.717) is 24.0 Å². The van der Waals surface area contributed by atoms with Crippen molar-refractivity contribution in [3.63, 3.8) is 0 Å². The lowest BCUT2D eigenvalue weighted by Gasteiger charge is -2.57. The Labute approximate surface area is 162 Å². The zero-order valence-electron chi connectivity index (χ0n) is 17.0. The lowest BCUT2D eigenvalue weighted by Crippen LogP contribution is -2.54. The minimum Gasteiger partial charge on any atom is -0.462 e. The van der Waals surface area contributed by atoms with Crippen LogP contribution in [0.15, 0.2) is 11.6 Å². The lowest BCUT2D eigenvalue weighted by molar-refractivity contribution is -0.149.